The fourth-order valence-corrected chi connectivity index (χ4v) is 7.39. The van der Waals surface area contributed by atoms with Gasteiger partial charge in [-0.1, -0.05) is 19.1 Å². The molecule has 2 unspecified atom stereocenters. The van der Waals surface area contributed by atoms with Gasteiger partial charge in [0.1, 0.15) is 38.3 Å². The van der Waals surface area contributed by atoms with Gasteiger partial charge in [-0.25, -0.2) is 18.0 Å². The van der Waals surface area contributed by atoms with Crippen molar-refractivity contribution < 1.29 is 51.6 Å². The number of hydrogen-bond donors (Lipinski definition) is 5. The van der Waals surface area contributed by atoms with Gasteiger partial charge in [0.2, 0.25) is 22.7 Å². The number of amides is 2. The van der Waals surface area contributed by atoms with Crippen molar-refractivity contribution in [3.63, 3.8) is 0 Å². The summed E-state index contributed by atoms with van der Waals surface area (Å²) < 4.78 is 56.6. The minimum absolute atomic E-state index is 0.0198. The third kappa shape index (κ3) is 12.2. The minimum atomic E-state index is -4.21. The van der Waals surface area contributed by atoms with Crippen molar-refractivity contribution >= 4 is 46.0 Å². The lowest BCUT2D eigenvalue weighted by Crippen LogP contribution is -2.52. The Morgan fingerprint density at radius 2 is 1.92 bits per heavy atom. The molecule has 0 radical (unpaired) electrons. The van der Waals surface area contributed by atoms with E-state index in [4.69, 9.17) is 23.7 Å². The average molecular weight is 765 g/mol. The summed E-state index contributed by atoms with van der Waals surface area (Å²) in [6.45, 7) is 4.31. The number of esters is 1. The molecular weight excluding hydrogens is 721 g/mol. The van der Waals surface area contributed by atoms with Crippen LogP contribution in [0.15, 0.2) is 63.6 Å². The number of nitrogens with zero attached hydrogens (tertiary/aromatic N) is 2. The van der Waals surface area contributed by atoms with Crippen molar-refractivity contribution in [2.45, 2.75) is 56.0 Å². The molecule has 17 nitrogen and oxygen atoms in total. The SMILES string of the molecule is C/C=N\NCNC(=O)COCC(=O)OC(CN(CCC)S(=O)(=O)c1ccc2c(c1)OCO2)[C@H](Cc1ccc(OCC2=CSC(C)N2)cc1)NC(=O)O. The second-order valence-electron chi connectivity index (χ2n) is 11.5. The van der Waals surface area contributed by atoms with Crippen LogP contribution in [0, 0.1) is 0 Å². The Balaban J connectivity index is 1.52. The second-order valence-corrected chi connectivity index (χ2v) is 14.6. The standard InChI is InChI=1S/C33H44N6O11S2/c1-4-12-39(52(44,45)26-10-11-28-29(14-26)49-21-48-28)15-30(50-32(41)18-46-17-31(40)34-20-36-35-5-2)27(38-33(42)43)13-23-6-8-25(9-7-23)47-16-24-19-51-22(3)37-24/h5-11,14,19,22,27,30,36-38H,4,12-13,15-18,20-21H2,1-3H3,(H,34,40)(H,42,43)/b35-5-/t22?,27-,30?/m0/s1. The number of carbonyl (C=O) groups excluding carboxylic acids is 2. The largest absolute Gasteiger partial charge is 0.487 e. The second kappa shape index (κ2) is 19.8. The van der Waals surface area contributed by atoms with E-state index in [1.807, 2.05) is 12.3 Å². The lowest BCUT2D eigenvalue weighted by atomic mass is 10.0. The Hall–Kier alpha value is -4.72. The van der Waals surface area contributed by atoms with E-state index in [9.17, 15) is 27.9 Å². The Kier molecular flexibility index (Phi) is 15.2. The lowest BCUT2D eigenvalue weighted by molar-refractivity contribution is -0.157. The zero-order valence-corrected chi connectivity index (χ0v) is 30.7. The van der Waals surface area contributed by atoms with E-state index in [0.29, 0.717) is 30.1 Å². The van der Waals surface area contributed by atoms with Crippen molar-refractivity contribution in [3.8, 4) is 17.2 Å². The van der Waals surface area contributed by atoms with Crippen LogP contribution < -0.4 is 35.6 Å². The summed E-state index contributed by atoms with van der Waals surface area (Å²) in [5.41, 5.74) is 4.19. The molecule has 2 aromatic rings. The van der Waals surface area contributed by atoms with Gasteiger partial charge in [0.05, 0.1) is 28.6 Å². The summed E-state index contributed by atoms with van der Waals surface area (Å²) in [7, 11) is -4.21. The maximum absolute atomic E-state index is 14.0. The predicted molar refractivity (Wildman–Crippen MR) is 191 cm³/mol. The Morgan fingerprint density at radius 3 is 2.62 bits per heavy atom. The monoisotopic (exact) mass is 764 g/mol. The maximum Gasteiger partial charge on any atom is 0.405 e. The third-order valence-electron chi connectivity index (χ3n) is 7.49. The molecule has 0 aliphatic carbocycles. The molecule has 0 spiro atoms. The van der Waals surface area contributed by atoms with Crippen molar-refractivity contribution in [2.75, 3.05) is 46.4 Å². The Bertz CT molecular complexity index is 1690. The normalized spacial score (nSPS) is 16.2. The number of fused-ring (bicyclic) bond motifs is 1. The molecule has 2 heterocycles. The third-order valence-corrected chi connectivity index (χ3v) is 10.3. The molecule has 2 amide bonds. The molecule has 52 heavy (non-hydrogen) atoms. The van der Waals surface area contributed by atoms with Gasteiger partial charge in [-0.15, -0.1) is 11.8 Å². The number of hydrogen-bond acceptors (Lipinski definition) is 14. The van der Waals surface area contributed by atoms with E-state index in [1.165, 1.54) is 24.4 Å². The molecule has 284 valence electrons. The fraction of sp³-hybridized carbons (Fsp3) is 0.455. The lowest BCUT2D eigenvalue weighted by Gasteiger charge is -2.32. The average Bonchev–Trinajstić information content (AvgIpc) is 3.77. The number of benzene rings is 2. The summed E-state index contributed by atoms with van der Waals surface area (Å²) in [6.07, 6.45) is -0.829. The first-order valence-electron chi connectivity index (χ1n) is 16.4. The number of carboxylic acid groups (broad SMARTS) is 1. The zero-order chi connectivity index (χ0) is 37.5. The molecule has 0 fully saturated rings. The van der Waals surface area contributed by atoms with Crippen LogP contribution in [0.1, 0.15) is 32.8 Å². The quantitative estimate of drug-likeness (QED) is 0.0405. The summed E-state index contributed by atoms with van der Waals surface area (Å²) in [6, 6.07) is 10.1. The van der Waals surface area contributed by atoms with Gasteiger partial charge in [0.25, 0.3) is 0 Å². The molecule has 0 saturated carbocycles. The van der Waals surface area contributed by atoms with Crippen LogP contribution in [0.5, 0.6) is 17.2 Å². The molecule has 0 aromatic heterocycles. The number of rotatable bonds is 21. The number of sulfonamides is 1. The van der Waals surface area contributed by atoms with Gasteiger partial charge in [-0.05, 0) is 61.9 Å². The highest BCUT2D eigenvalue weighted by Crippen LogP contribution is 2.35. The van der Waals surface area contributed by atoms with E-state index in [-0.39, 0.29) is 42.4 Å². The van der Waals surface area contributed by atoms with Crippen LogP contribution in [0.25, 0.3) is 0 Å². The van der Waals surface area contributed by atoms with Gasteiger partial charge >= 0.3 is 12.1 Å². The van der Waals surface area contributed by atoms with Gasteiger partial charge < -0.3 is 44.7 Å². The molecule has 2 aromatic carbocycles. The minimum Gasteiger partial charge on any atom is -0.487 e. The van der Waals surface area contributed by atoms with E-state index in [0.717, 1.165) is 10.0 Å². The molecular formula is C33H44N6O11S2. The molecule has 2 aliphatic rings. The Labute approximate surface area is 306 Å². The van der Waals surface area contributed by atoms with Crippen molar-refractivity contribution in [1.82, 2.24) is 25.7 Å². The molecule has 3 atom stereocenters. The first-order valence-corrected chi connectivity index (χ1v) is 18.8. The van der Waals surface area contributed by atoms with E-state index in [2.05, 4.69) is 26.5 Å². The van der Waals surface area contributed by atoms with Crippen LogP contribution in [0.4, 0.5) is 4.79 Å². The topological polar surface area (TPSA) is 215 Å². The smallest absolute Gasteiger partial charge is 0.405 e. The molecule has 4 rings (SSSR count). The van der Waals surface area contributed by atoms with Crippen molar-refractivity contribution in [2.24, 2.45) is 5.10 Å². The number of ether oxygens (including phenoxy) is 5. The number of nitrogens with one attached hydrogen (secondary N) is 4. The summed E-state index contributed by atoms with van der Waals surface area (Å²) in [5.74, 6) is -0.227. The summed E-state index contributed by atoms with van der Waals surface area (Å²) in [5, 5.41) is 24.0. The zero-order valence-electron chi connectivity index (χ0n) is 29.0. The molecule has 5 N–H and O–H groups in total. The van der Waals surface area contributed by atoms with Crippen LogP contribution >= 0.6 is 11.8 Å². The number of thioether (sulfide) groups is 1. The fourth-order valence-electron chi connectivity index (χ4n) is 5.11. The molecule has 0 saturated heterocycles. The molecule has 2 aliphatic heterocycles. The first kappa shape index (κ1) is 40.1. The summed E-state index contributed by atoms with van der Waals surface area (Å²) in [4.78, 5) is 37.1. The Morgan fingerprint density at radius 1 is 1.15 bits per heavy atom. The maximum atomic E-state index is 14.0. The van der Waals surface area contributed by atoms with Crippen molar-refractivity contribution in [3.05, 3.63) is 59.1 Å². The van der Waals surface area contributed by atoms with Gasteiger partial charge in [-0.3, -0.25) is 10.2 Å². The highest BCUT2D eigenvalue weighted by molar-refractivity contribution is 8.02. The number of hydrazone groups is 1. The van der Waals surface area contributed by atoms with Crippen LogP contribution in [0.3, 0.4) is 0 Å². The highest BCUT2D eigenvalue weighted by atomic mass is 32.2. The first-order chi connectivity index (χ1) is 25.0. The predicted octanol–water partition coefficient (Wildman–Crippen LogP) is 2.19. The van der Waals surface area contributed by atoms with Crippen molar-refractivity contribution in [1.29, 1.82) is 0 Å². The van der Waals surface area contributed by atoms with Gasteiger partial charge in [0, 0.05) is 18.8 Å². The van der Waals surface area contributed by atoms with Gasteiger partial charge in [0.15, 0.2) is 11.5 Å². The van der Waals surface area contributed by atoms with Crippen LogP contribution in [0.2, 0.25) is 0 Å². The highest BCUT2D eigenvalue weighted by Gasteiger charge is 2.35. The van der Waals surface area contributed by atoms with Crippen LogP contribution in [-0.4, -0.2) is 106 Å². The van der Waals surface area contributed by atoms with E-state index in [1.54, 1.807) is 49.9 Å². The van der Waals surface area contributed by atoms with E-state index < -0.39 is 59.9 Å². The van der Waals surface area contributed by atoms with E-state index >= 15 is 0 Å². The molecule has 0 bridgehead atoms. The summed E-state index contributed by atoms with van der Waals surface area (Å²) >= 11 is 1.65. The van der Waals surface area contributed by atoms with Gasteiger partial charge in [-0.2, -0.15) is 9.41 Å². The van der Waals surface area contributed by atoms with Crippen LogP contribution in [-0.2, 0) is 35.5 Å². The molecule has 19 heteroatoms. The number of carbonyl (C=O) groups is 3.